The Morgan fingerprint density at radius 3 is 2.47 bits per heavy atom. The molecule has 2 unspecified atom stereocenters. The van der Waals surface area contributed by atoms with E-state index in [0.29, 0.717) is 0 Å². The first-order valence-corrected chi connectivity index (χ1v) is 6.70. The highest BCUT2D eigenvalue weighted by molar-refractivity contribution is 5.98. The van der Waals surface area contributed by atoms with Gasteiger partial charge in [0.1, 0.15) is 0 Å². The number of benzene rings is 2. The number of carbonyl (C=O) groups excluding carboxylic acids is 1. The molecule has 1 aliphatic rings. The van der Waals surface area contributed by atoms with Crippen LogP contribution in [-0.4, -0.2) is 5.78 Å². The second-order valence-corrected chi connectivity index (χ2v) is 5.10. The number of Topliss-reactive ketones (excluding diaryl/α,β-unsaturated/α-hetero) is 1. The third-order valence-corrected chi connectivity index (χ3v) is 3.97. The van der Waals surface area contributed by atoms with Crippen LogP contribution in [0.1, 0.15) is 33.9 Å². The van der Waals surface area contributed by atoms with E-state index >= 15 is 0 Å². The minimum Gasteiger partial charge on any atom is -0.323 e. The fourth-order valence-electron chi connectivity index (χ4n) is 2.91. The van der Waals surface area contributed by atoms with Crippen LogP contribution in [0.4, 0.5) is 0 Å². The smallest absolute Gasteiger partial charge is 0.167 e. The van der Waals surface area contributed by atoms with Crippen LogP contribution in [0.2, 0.25) is 0 Å². The molecule has 96 valence electrons. The summed E-state index contributed by atoms with van der Waals surface area (Å²) in [5, 5.41) is 0. The molecule has 0 radical (unpaired) electrons. The molecule has 0 saturated carbocycles. The molecular weight excluding hydrogens is 234 g/mol. The maximum Gasteiger partial charge on any atom is 0.167 e. The third-order valence-electron chi connectivity index (χ3n) is 3.97. The molecule has 0 bridgehead atoms. The van der Waals surface area contributed by atoms with Crippen LogP contribution in [0.25, 0.3) is 0 Å². The van der Waals surface area contributed by atoms with Crippen molar-refractivity contribution < 1.29 is 4.79 Å². The Morgan fingerprint density at radius 1 is 1.00 bits per heavy atom. The zero-order valence-electron chi connectivity index (χ0n) is 10.8. The SMILES string of the molecule is NC1c2ccccc2CCC1C(=O)c1ccccc1. The zero-order valence-corrected chi connectivity index (χ0v) is 10.8. The number of ketones is 1. The van der Waals surface area contributed by atoms with Gasteiger partial charge in [-0.2, -0.15) is 0 Å². The molecule has 19 heavy (non-hydrogen) atoms. The van der Waals surface area contributed by atoms with Crippen LogP contribution in [-0.2, 0) is 6.42 Å². The number of rotatable bonds is 2. The van der Waals surface area contributed by atoms with Crippen molar-refractivity contribution in [3.8, 4) is 0 Å². The van der Waals surface area contributed by atoms with Crippen LogP contribution in [0.3, 0.4) is 0 Å². The number of carbonyl (C=O) groups is 1. The first-order chi connectivity index (χ1) is 9.27. The quantitative estimate of drug-likeness (QED) is 0.833. The molecule has 2 aromatic rings. The summed E-state index contributed by atoms with van der Waals surface area (Å²) < 4.78 is 0. The van der Waals surface area contributed by atoms with E-state index in [2.05, 4.69) is 6.07 Å². The second kappa shape index (κ2) is 4.98. The fraction of sp³-hybridized carbons (Fsp3) is 0.235. The van der Waals surface area contributed by atoms with Crippen LogP contribution in [0.15, 0.2) is 54.6 Å². The monoisotopic (exact) mass is 251 g/mol. The Balaban J connectivity index is 1.90. The first-order valence-electron chi connectivity index (χ1n) is 6.70. The Hall–Kier alpha value is -1.93. The lowest BCUT2D eigenvalue weighted by molar-refractivity contribution is 0.0887. The van der Waals surface area contributed by atoms with Gasteiger partial charge in [-0.05, 0) is 24.0 Å². The molecule has 2 heteroatoms. The van der Waals surface area contributed by atoms with E-state index in [1.807, 2.05) is 48.5 Å². The summed E-state index contributed by atoms with van der Waals surface area (Å²) in [5.41, 5.74) is 9.49. The van der Waals surface area contributed by atoms with Gasteiger partial charge >= 0.3 is 0 Å². The average Bonchev–Trinajstić information content (AvgIpc) is 2.48. The van der Waals surface area contributed by atoms with Crippen molar-refractivity contribution in [2.45, 2.75) is 18.9 Å². The number of nitrogens with two attached hydrogens (primary N) is 1. The minimum atomic E-state index is -0.183. The summed E-state index contributed by atoms with van der Waals surface area (Å²) in [5.74, 6) is 0.0694. The van der Waals surface area contributed by atoms with Gasteiger partial charge in [0.2, 0.25) is 0 Å². The van der Waals surface area contributed by atoms with Crippen molar-refractivity contribution in [2.24, 2.45) is 11.7 Å². The molecule has 2 nitrogen and oxygen atoms in total. The van der Waals surface area contributed by atoms with Crippen molar-refractivity contribution >= 4 is 5.78 Å². The average molecular weight is 251 g/mol. The maximum absolute atomic E-state index is 12.5. The van der Waals surface area contributed by atoms with E-state index in [1.165, 1.54) is 5.56 Å². The lowest BCUT2D eigenvalue weighted by Crippen LogP contribution is -2.32. The Kier molecular flexibility index (Phi) is 3.18. The lowest BCUT2D eigenvalue weighted by atomic mass is 9.77. The topological polar surface area (TPSA) is 43.1 Å². The van der Waals surface area contributed by atoms with Crippen molar-refractivity contribution in [1.82, 2.24) is 0 Å². The van der Waals surface area contributed by atoms with Gasteiger partial charge in [0.25, 0.3) is 0 Å². The van der Waals surface area contributed by atoms with E-state index in [4.69, 9.17) is 5.73 Å². The van der Waals surface area contributed by atoms with E-state index in [9.17, 15) is 4.79 Å². The molecule has 0 fully saturated rings. The highest BCUT2D eigenvalue weighted by Gasteiger charge is 2.31. The largest absolute Gasteiger partial charge is 0.323 e. The zero-order chi connectivity index (χ0) is 13.2. The van der Waals surface area contributed by atoms with Crippen LogP contribution >= 0.6 is 0 Å². The highest BCUT2D eigenvalue weighted by Crippen LogP contribution is 2.34. The number of hydrogen-bond acceptors (Lipinski definition) is 2. The molecule has 2 atom stereocenters. The van der Waals surface area contributed by atoms with Crippen molar-refractivity contribution in [1.29, 1.82) is 0 Å². The van der Waals surface area contributed by atoms with Gasteiger partial charge < -0.3 is 5.73 Å². The maximum atomic E-state index is 12.5. The predicted molar refractivity (Wildman–Crippen MR) is 76.0 cm³/mol. The molecular formula is C17H17NO. The number of fused-ring (bicyclic) bond motifs is 1. The van der Waals surface area contributed by atoms with Gasteiger partial charge in [0, 0.05) is 17.5 Å². The predicted octanol–water partition coefficient (Wildman–Crippen LogP) is 3.13. The molecule has 0 saturated heterocycles. The van der Waals surface area contributed by atoms with Gasteiger partial charge in [-0.1, -0.05) is 54.6 Å². The summed E-state index contributed by atoms with van der Waals surface area (Å²) in [6.07, 6.45) is 1.78. The van der Waals surface area contributed by atoms with Crippen molar-refractivity contribution in [3.63, 3.8) is 0 Å². The standard InChI is InChI=1S/C17H17NO/c18-16-14-9-5-4-6-12(14)10-11-15(16)17(19)13-7-2-1-3-8-13/h1-9,15-16H,10-11,18H2. The molecule has 2 N–H and O–H groups in total. The number of hydrogen-bond donors (Lipinski definition) is 1. The van der Waals surface area contributed by atoms with Gasteiger partial charge in [-0.25, -0.2) is 0 Å². The summed E-state index contributed by atoms with van der Waals surface area (Å²) in [6, 6.07) is 17.5. The molecule has 3 rings (SSSR count). The van der Waals surface area contributed by atoms with Crippen LogP contribution in [0, 0.1) is 5.92 Å². The first kappa shape index (κ1) is 12.1. The van der Waals surface area contributed by atoms with Gasteiger partial charge in [-0.15, -0.1) is 0 Å². The van der Waals surface area contributed by atoms with Crippen LogP contribution in [0.5, 0.6) is 0 Å². The van der Waals surface area contributed by atoms with Gasteiger partial charge in [0.05, 0.1) is 0 Å². The second-order valence-electron chi connectivity index (χ2n) is 5.10. The lowest BCUT2D eigenvalue weighted by Gasteiger charge is -2.30. The molecule has 0 aliphatic heterocycles. The fourth-order valence-corrected chi connectivity index (χ4v) is 2.91. The summed E-state index contributed by atoms with van der Waals surface area (Å²) in [7, 11) is 0. The molecule has 2 aromatic carbocycles. The minimum absolute atomic E-state index is 0.0997. The Labute approximate surface area is 113 Å². The molecule has 0 spiro atoms. The Morgan fingerprint density at radius 2 is 1.68 bits per heavy atom. The normalized spacial score (nSPS) is 21.7. The van der Waals surface area contributed by atoms with E-state index in [0.717, 1.165) is 24.0 Å². The van der Waals surface area contributed by atoms with Crippen molar-refractivity contribution in [3.05, 3.63) is 71.3 Å². The third kappa shape index (κ3) is 2.20. The summed E-state index contributed by atoms with van der Waals surface area (Å²) >= 11 is 0. The van der Waals surface area contributed by atoms with Gasteiger partial charge in [0.15, 0.2) is 5.78 Å². The summed E-state index contributed by atoms with van der Waals surface area (Å²) in [4.78, 5) is 12.5. The molecule has 0 amide bonds. The number of aryl methyl sites for hydroxylation is 1. The Bertz CT molecular complexity index is 591. The van der Waals surface area contributed by atoms with Gasteiger partial charge in [-0.3, -0.25) is 4.79 Å². The molecule has 1 aliphatic carbocycles. The molecule has 0 aromatic heterocycles. The van der Waals surface area contributed by atoms with E-state index < -0.39 is 0 Å². The van der Waals surface area contributed by atoms with Crippen LogP contribution < -0.4 is 5.73 Å². The van der Waals surface area contributed by atoms with Crippen molar-refractivity contribution in [2.75, 3.05) is 0 Å². The van der Waals surface area contributed by atoms with E-state index in [-0.39, 0.29) is 17.7 Å². The van der Waals surface area contributed by atoms with E-state index in [1.54, 1.807) is 0 Å². The summed E-state index contributed by atoms with van der Waals surface area (Å²) in [6.45, 7) is 0. The highest BCUT2D eigenvalue weighted by atomic mass is 16.1. The molecule has 0 heterocycles.